The lowest BCUT2D eigenvalue weighted by Crippen LogP contribution is -2.46. The highest BCUT2D eigenvalue weighted by Gasteiger charge is 2.62. The van der Waals surface area contributed by atoms with Crippen molar-refractivity contribution in [2.24, 2.45) is 17.3 Å². The van der Waals surface area contributed by atoms with Crippen molar-refractivity contribution in [1.29, 1.82) is 0 Å². The first-order chi connectivity index (χ1) is 7.57. The van der Waals surface area contributed by atoms with Crippen molar-refractivity contribution < 1.29 is 5.11 Å². The third-order valence-electron chi connectivity index (χ3n) is 5.24. The Labute approximate surface area is 97.5 Å². The lowest BCUT2D eigenvalue weighted by atomic mass is 9.62. The van der Waals surface area contributed by atoms with E-state index >= 15 is 0 Å². The maximum atomic E-state index is 11.2. The fourth-order valence-electron chi connectivity index (χ4n) is 4.15. The topological polar surface area (TPSA) is 20.2 Å². The molecule has 0 spiro atoms. The van der Waals surface area contributed by atoms with E-state index in [1.54, 1.807) is 0 Å². The van der Waals surface area contributed by atoms with Crippen LogP contribution in [-0.4, -0.2) is 5.11 Å². The summed E-state index contributed by atoms with van der Waals surface area (Å²) < 4.78 is 0. The average molecular weight is 216 g/mol. The fraction of sp³-hybridized carbons (Fsp3) is 0.600. The Balaban J connectivity index is 2.11. The molecule has 1 nitrogen and oxygen atoms in total. The molecule has 2 saturated carbocycles. The van der Waals surface area contributed by atoms with Crippen molar-refractivity contribution in [2.75, 3.05) is 0 Å². The van der Waals surface area contributed by atoms with Crippen LogP contribution >= 0.6 is 0 Å². The van der Waals surface area contributed by atoms with Crippen molar-refractivity contribution >= 4 is 0 Å². The predicted octanol–water partition coefficient (Wildman–Crippen LogP) is 3.33. The summed E-state index contributed by atoms with van der Waals surface area (Å²) in [6.07, 6.45) is 3.70. The summed E-state index contributed by atoms with van der Waals surface area (Å²) in [4.78, 5) is 0. The lowest BCUT2D eigenvalue weighted by molar-refractivity contribution is -0.113. The summed E-state index contributed by atoms with van der Waals surface area (Å²) in [5.41, 5.74) is 0.543. The van der Waals surface area contributed by atoms with Crippen LogP contribution in [-0.2, 0) is 5.60 Å². The van der Waals surface area contributed by atoms with Gasteiger partial charge in [-0.05, 0) is 36.7 Å². The molecule has 2 aliphatic rings. The first-order valence-electron chi connectivity index (χ1n) is 6.34. The lowest BCUT2D eigenvalue weighted by Gasteiger charge is -2.46. The Morgan fingerprint density at radius 3 is 2.25 bits per heavy atom. The van der Waals surface area contributed by atoms with Crippen LogP contribution in [0.1, 0.15) is 38.7 Å². The van der Waals surface area contributed by atoms with Gasteiger partial charge in [0.1, 0.15) is 0 Å². The molecule has 1 heteroatoms. The number of hydrogen-bond donors (Lipinski definition) is 1. The molecule has 2 bridgehead atoms. The maximum Gasteiger partial charge on any atom is 0.0977 e. The number of aliphatic hydroxyl groups is 1. The molecular weight excluding hydrogens is 196 g/mol. The van der Waals surface area contributed by atoms with Gasteiger partial charge in [0.25, 0.3) is 0 Å². The molecule has 1 aromatic carbocycles. The summed E-state index contributed by atoms with van der Waals surface area (Å²) in [6.45, 7) is 4.48. The van der Waals surface area contributed by atoms with Gasteiger partial charge in [-0.1, -0.05) is 44.2 Å². The van der Waals surface area contributed by atoms with Crippen molar-refractivity contribution in [2.45, 2.75) is 38.7 Å². The van der Waals surface area contributed by atoms with Gasteiger partial charge in [-0.2, -0.15) is 0 Å². The summed E-state index contributed by atoms with van der Waals surface area (Å²) in [5.74, 6) is 1.16. The second-order valence-corrected chi connectivity index (χ2v) is 6.06. The summed E-state index contributed by atoms with van der Waals surface area (Å²) in [7, 11) is 0. The second kappa shape index (κ2) is 3.10. The minimum absolute atomic E-state index is 0.0251. The van der Waals surface area contributed by atoms with Gasteiger partial charge in [-0.3, -0.25) is 0 Å². The van der Waals surface area contributed by atoms with E-state index in [0.717, 1.165) is 5.56 Å². The van der Waals surface area contributed by atoms with Crippen LogP contribution < -0.4 is 0 Å². The largest absolute Gasteiger partial charge is 0.384 e. The molecule has 86 valence electrons. The fourth-order valence-corrected chi connectivity index (χ4v) is 4.15. The summed E-state index contributed by atoms with van der Waals surface area (Å²) in [6, 6.07) is 10.3. The third kappa shape index (κ3) is 1.05. The van der Waals surface area contributed by atoms with Gasteiger partial charge < -0.3 is 5.11 Å². The van der Waals surface area contributed by atoms with Crippen LogP contribution in [0.15, 0.2) is 30.3 Å². The second-order valence-electron chi connectivity index (χ2n) is 6.06. The minimum atomic E-state index is -0.600. The van der Waals surface area contributed by atoms with Crippen molar-refractivity contribution in [3.8, 4) is 0 Å². The van der Waals surface area contributed by atoms with E-state index in [0.29, 0.717) is 11.8 Å². The van der Waals surface area contributed by atoms with Gasteiger partial charge in [-0.15, -0.1) is 0 Å². The average Bonchev–Trinajstić information content (AvgIpc) is 2.84. The molecule has 2 fully saturated rings. The van der Waals surface area contributed by atoms with Crippen LogP contribution in [0, 0.1) is 17.3 Å². The third-order valence-corrected chi connectivity index (χ3v) is 5.24. The Hall–Kier alpha value is -0.820. The summed E-state index contributed by atoms with van der Waals surface area (Å²) >= 11 is 0. The van der Waals surface area contributed by atoms with E-state index in [-0.39, 0.29) is 5.41 Å². The van der Waals surface area contributed by atoms with E-state index < -0.39 is 5.60 Å². The van der Waals surface area contributed by atoms with Gasteiger partial charge in [0.05, 0.1) is 5.60 Å². The molecular formula is C15H20O. The van der Waals surface area contributed by atoms with E-state index in [1.165, 1.54) is 19.3 Å². The maximum absolute atomic E-state index is 11.2. The van der Waals surface area contributed by atoms with Crippen molar-refractivity contribution in [1.82, 2.24) is 0 Å². The normalized spacial score (nSPS) is 40.2. The highest BCUT2D eigenvalue weighted by Crippen LogP contribution is 2.65. The Morgan fingerprint density at radius 2 is 1.69 bits per heavy atom. The van der Waals surface area contributed by atoms with E-state index in [9.17, 15) is 5.11 Å². The molecule has 16 heavy (non-hydrogen) atoms. The molecule has 0 amide bonds. The smallest absolute Gasteiger partial charge is 0.0977 e. The molecule has 0 radical (unpaired) electrons. The van der Waals surface area contributed by atoms with E-state index in [4.69, 9.17) is 0 Å². The zero-order valence-electron chi connectivity index (χ0n) is 10.1. The van der Waals surface area contributed by atoms with Crippen molar-refractivity contribution in [3.05, 3.63) is 35.9 Å². The Bertz CT molecular complexity index is 395. The predicted molar refractivity (Wildman–Crippen MR) is 65.0 cm³/mol. The summed E-state index contributed by atoms with van der Waals surface area (Å²) in [5, 5.41) is 11.2. The van der Waals surface area contributed by atoms with Crippen molar-refractivity contribution in [3.63, 3.8) is 0 Å². The van der Waals surface area contributed by atoms with Gasteiger partial charge in [-0.25, -0.2) is 0 Å². The minimum Gasteiger partial charge on any atom is -0.384 e. The Morgan fingerprint density at radius 1 is 1.06 bits per heavy atom. The zero-order valence-corrected chi connectivity index (χ0v) is 10.1. The number of rotatable bonds is 1. The molecule has 0 saturated heterocycles. The highest BCUT2D eigenvalue weighted by atomic mass is 16.3. The van der Waals surface area contributed by atoms with Crippen LogP contribution in [0.3, 0.4) is 0 Å². The van der Waals surface area contributed by atoms with E-state index in [2.05, 4.69) is 26.0 Å². The van der Waals surface area contributed by atoms with Gasteiger partial charge in [0.2, 0.25) is 0 Å². The highest BCUT2D eigenvalue weighted by molar-refractivity contribution is 5.30. The Kier molecular flexibility index (Phi) is 2.00. The molecule has 1 aromatic rings. The number of hydrogen-bond acceptors (Lipinski definition) is 1. The van der Waals surface area contributed by atoms with Gasteiger partial charge in [0, 0.05) is 5.41 Å². The molecule has 0 aromatic heterocycles. The quantitative estimate of drug-likeness (QED) is 0.763. The first-order valence-corrected chi connectivity index (χ1v) is 6.34. The van der Waals surface area contributed by atoms with Crippen LogP contribution in [0.4, 0.5) is 0 Å². The molecule has 3 atom stereocenters. The first kappa shape index (κ1) is 10.3. The van der Waals surface area contributed by atoms with Gasteiger partial charge >= 0.3 is 0 Å². The molecule has 0 unspecified atom stereocenters. The molecule has 2 aliphatic carbocycles. The molecule has 0 heterocycles. The van der Waals surface area contributed by atoms with Crippen LogP contribution in [0.2, 0.25) is 0 Å². The monoisotopic (exact) mass is 216 g/mol. The van der Waals surface area contributed by atoms with Gasteiger partial charge in [0.15, 0.2) is 0 Å². The SMILES string of the molecule is CC1(C)[C@H]2CC[C@H](C2)[C@]1(O)c1ccccc1. The zero-order chi connectivity index (χ0) is 11.4. The standard InChI is InChI=1S/C15H20O/c1-14(2)12-8-9-13(10-12)15(14,16)11-6-4-3-5-7-11/h3-7,12-13,16H,8-10H2,1-2H3/t12-,13+,15+/m0/s1. The van der Waals surface area contributed by atoms with E-state index in [1.807, 2.05) is 18.2 Å². The van der Waals surface area contributed by atoms with Crippen LogP contribution in [0.5, 0.6) is 0 Å². The van der Waals surface area contributed by atoms with Crippen LogP contribution in [0.25, 0.3) is 0 Å². The molecule has 1 N–H and O–H groups in total. The number of fused-ring (bicyclic) bond motifs is 2. The molecule has 0 aliphatic heterocycles. The molecule has 3 rings (SSSR count). The number of benzene rings is 1.